The van der Waals surface area contributed by atoms with Gasteiger partial charge in [-0.15, -0.1) is 0 Å². The van der Waals surface area contributed by atoms with Crippen molar-refractivity contribution < 1.29 is 4.79 Å². The zero-order valence-corrected chi connectivity index (χ0v) is 12.2. The molecule has 1 saturated heterocycles. The highest BCUT2D eigenvalue weighted by Gasteiger charge is 2.48. The summed E-state index contributed by atoms with van der Waals surface area (Å²) in [4.78, 5) is 14.7. The van der Waals surface area contributed by atoms with Gasteiger partial charge in [0.25, 0.3) is 0 Å². The molecule has 1 amide bonds. The normalized spacial score (nSPS) is 33.6. The van der Waals surface area contributed by atoms with Gasteiger partial charge in [0.15, 0.2) is 0 Å². The van der Waals surface area contributed by atoms with Gasteiger partial charge in [0.05, 0.1) is 11.7 Å². The van der Waals surface area contributed by atoms with E-state index in [0.717, 1.165) is 25.8 Å². The van der Waals surface area contributed by atoms with E-state index in [1.807, 2.05) is 0 Å². The molecule has 2 rings (SSSR count). The fourth-order valence-corrected chi connectivity index (χ4v) is 3.38. The molecule has 3 heteroatoms. The van der Waals surface area contributed by atoms with E-state index in [4.69, 9.17) is 0 Å². The van der Waals surface area contributed by atoms with Crippen molar-refractivity contribution in [1.82, 2.24) is 10.2 Å². The lowest BCUT2D eigenvalue weighted by Crippen LogP contribution is -2.45. The van der Waals surface area contributed by atoms with Crippen LogP contribution in [0.3, 0.4) is 0 Å². The fraction of sp³-hybridized carbons (Fsp3) is 0.933. The molecule has 2 unspecified atom stereocenters. The second-order valence-electron chi connectivity index (χ2n) is 6.17. The van der Waals surface area contributed by atoms with Crippen LogP contribution in [0.2, 0.25) is 0 Å². The Morgan fingerprint density at radius 1 is 1.33 bits per heavy atom. The summed E-state index contributed by atoms with van der Waals surface area (Å²) in [7, 11) is 0. The van der Waals surface area contributed by atoms with E-state index in [0.29, 0.717) is 18.0 Å². The summed E-state index contributed by atoms with van der Waals surface area (Å²) in [5, 5.41) is 3.64. The van der Waals surface area contributed by atoms with Gasteiger partial charge in [0.2, 0.25) is 5.91 Å². The molecule has 0 radical (unpaired) electrons. The van der Waals surface area contributed by atoms with Crippen LogP contribution < -0.4 is 5.32 Å². The molecule has 18 heavy (non-hydrogen) atoms. The zero-order chi connectivity index (χ0) is 13.2. The first-order valence-electron chi connectivity index (χ1n) is 7.71. The van der Waals surface area contributed by atoms with Crippen molar-refractivity contribution in [3.05, 3.63) is 0 Å². The minimum Gasteiger partial charge on any atom is -0.325 e. The van der Waals surface area contributed by atoms with Gasteiger partial charge < -0.3 is 4.90 Å². The van der Waals surface area contributed by atoms with Crippen LogP contribution in [0, 0.1) is 5.92 Å². The Bertz CT molecular complexity index is 299. The van der Waals surface area contributed by atoms with Crippen molar-refractivity contribution in [2.45, 2.75) is 77.4 Å². The molecule has 0 aromatic heterocycles. The highest BCUT2D eigenvalue weighted by Crippen LogP contribution is 2.35. The van der Waals surface area contributed by atoms with Gasteiger partial charge in [-0.25, -0.2) is 0 Å². The first kappa shape index (κ1) is 13.9. The summed E-state index contributed by atoms with van der Waals surface area (Å²) in [5.41, 5.74) is -0.318. The predicted molar refractivity (Wildman–Crippen MR) is 74.2 cm³/mol. The minimum atomic E-state index is -0.318. The number of carbonyl (C=O) groups is 1. The van der Waals surface area contributed by atoms with Crippen LogP contribution in [-0.2, 0) is 4.79 Å². The second kappa shape index (κ2) is 5.60. The van der Waals surface area contributed by atoms with E-state index >= 15 is 0 Å². The van der Waals surface area contributed by atoms with E-state index in [1.54, 1.807) is 0 Å². The zero-order valence-electron chi connectivity index (χ0n) is 12.2. The SMILES string of the molecule is CCCCN1C(=O)C(C)(CC)NC1C1CCCC1. The van der Waals surface area contributed by atoms with E-state index in [9.17, 15) is 4.79 Å². The Balaban J connectivity index is 2.12. The van der Waals surface area contributed by atoms with Crippen molar-refractivity contribution >= 4 is 5.91 Å². The number of rotatable bonds is 5. The van der Waals surface area contributed by atoms with Crippen molar-refractivity contribution in [1.29, 1.82) is 0 Å². The standard InChI is InChI=1S/C15H28N2O/c1-4-6-11-17-13(12-9-7-8-10-12)16-15(3,5-2)14(17)18/h12-13,16H,4-11H2,1-3H3. The lowest BCUT2D eigenvalue weighted by atomic mass is 9.99. The quantitative estimate of drug-likeness (QED) is 0.816. The van der Waals surface area contributed by atoms with Crippen LogP contribution in [0.15, 0.2) is 0 Å². The minimum absolute atomic E-state index is 0.302. The van der Waals surface area contributed by atoms with Crippen LogP contribution in [0.5, 0.6) is 0 Å². The van der Waals surface area contributed by atoms with Gasteiger partial charge in [-0.1, -0.05) is 33.1 Å². The third-order valence-corrected chi connectivity index (χ3v) is 4.84. The maximum Gasteiger partial charge on any atom is 0.243 e. The summed E-state index contributed by atoms with van der Waals surface area (Å²) in [6.07, 6.45) is 8.71. The monoisotopic (exact) mass is 252 g/mol. The molecule has 2 atom stereocenters. The Morgan fingerprint density at radius 3 is 2.56 bits per heavy atom. The first-order chi connectivity index (χ1) is 8.62. The molecule has 1 N–H and O–H groups in total. The van der Waals surface area contributed by atoms with Crippen molar-refractivity contribution in [3.8, 4) is 0 Å². The van der Waals surface area contributed by atoms with Crippen molar-refractivity contribution in [2.75, 3.05) is 6.54 Å². The number of nitrogens with zero attached hydrogens (tertiary/aromatic N) is 1. The van der Waals surface area contributed by atoms with Gasteiger partial charge in [-0.05, 0) is 38.5 Å². The molecule has 0 aromatic rings. The Kier molecular flexibility index (Phi) is 4.31. The van der Waals surface area contributed by atoms with E-state index < -0.39 is 0 Å². The molecule has 1 aliphatic carbocycles. The molecule has 1 heterocycles. The van der Waals surface area contributed by atoms with Crippen LogP contribution in [0.1, 0.15) is 65.7 Å². The smallest absolute Gasteiger partial charge is 0.243 e. The largest absolute Gasteiger partial charge is 0.325 e. The Morgan fingerprint density at radius 2 is 2.00 bits per heavy atom. The molecular formula is C15H28N2O. The van der Waals surface area contributed by atoms with Crippen molar-refractivity contribution in [3.63, 3.8) is 0 Å². The summed E-state index contributed by atoms with van der Waals surface area (Å²) in [6, 6.07) is 0. The summed E-state index contributed by atoms with van der Waals surface area (Å²) in [6.45, 7) is 7.31. The summed E-state index contributed by atoms with van der Waals surface area (Å²) >= 11 is 0. The summed E-state index contributed by atoms with van der Waals surface area (Å²) in [5.74, 6) is 1.01. The van der Waals surface area contributed by atoms with Gasteiger partial charge >= 0.3 is 0 Å². The Labute approximate surface area is 111 Å². The number of hydrogen-bond donors (Lipinski definition) is 1. The average molecular weight is 252 g/mol. The molecule has 2 aliphatic rings. The lowest BCUT2D eigenvalue weighted by molar-refractivity contribution is -0.133. The van der Waals surface area contributed by atoms with Gasteiger partial charge in [-0.2, -0.15) is 0 Å². The topological polar surface area (TPSA) is 32.3 Å². The molecule has 0 spiro atoms. The molecule has 104 valence electrons. The number of carbonyl (C=O) groups excluding carboxylic acids is 1. The predicted octanol–water partition coefficient (Wildman–Crippen LogP) is 2.90. The van der Waals surface area contributed by atoms with Crippen molar-refractivity contribution in [2.24, 2.45) is 5.92 Å². The van der Waals surface area contributed by atoms with Crippen LogP contribution >= 0.6 is 0 Å². The highest BCUT2D eigenvalue weighted by atomic mass is 16.2. The van der Waals surface area contributed by atoms with Gasteiger partial charge in [0.1, 0.15) is 0 Å². The fourth-order valence-electron chi connectivity index (χ4n) is 3.38. The molecule has 2 fully saturated rings. The van der Waals surface area contributed by atoms with Gasteiger partial charge in [-0.3, -0.25) is 10.1 Å². The second-order valence-corrected chi connectivity index (χ2v) is 6.17. The number of nitrogens with one attached hydrogen (secondary N) is 1. The van der Waals surface area contributed by atoms with Crippen LogP contribution in [0.25, 0.3) is 0 Å². The molecule has 0 bridgehead atoms. The molecule has 1 aliphatic heterocycles. The van der Waals surface area contributed by atoms with E-state index in [2.05, 4.69) is 31.0 Å². The molecule has 3 nitrogen and oxygen atoms in total. The maximum atomic E-state index is 12.6. The molecule has 0 aromatic carbocycles. The van der Waals surface area contributed by atoms with Crippen LogP contribution in [-0.4, -0.2) is 29.1 Å². The lowest BCUT2D eigenvalue weighted by Gasteiger charge is -2.29. The first-order valence-corrected chi connectivity index (χ1v) is 7.71. The van der Waals surface area contributed by atoms with Gasteiger partial charge in [0, 0.05) is 6.54 Å². The van der Waals surface area contributed by atoms with Crippen LogP contribution in [0.4, 0.5) is 0 Å². The third-order valence-electron chi connectivity index (χ3n) is 4.84. The number of unbranched alkanes of at least 4 members (excludes halogenated alkanes) is 1. The highest BCUT2D eigenvalue weighted by molar-refractivity contribution is 5.88. The summed E-state index contributed by atoms with van der Waals surface area (Å²) < 4.78 is 0. The average Bonchev–Trinajstić information content (AvgIpc) is 2.97. The number of amides is 1. The maximum absolute atomic E-state index is 12.6. The van der Waals surface area contributed by atoms with E-state index in [-0.39, 0.29) is 5.54 Å². The molecular weight excluding hydrogens is 224 g/mol. The van der Waals surface area contributed by atoms with E-state index in [1.165, 1.54) is 25.7 Å². The number of hydrogen-bond acceptors (Lipinski definition) is 2. The molecule has 1 saturated carbocycles. The third kappa shape index (κ3) is 2.42. The Hall–Kier alpha value is -0.570.